The number of thioether (sulfide) groups is 1. The molecule has 0 spiro atoms. The zero-order valence-corrected chi connectivity index (χ0v) is 21.2. The number of benzene rings is 2. The van der Waals surface area contributed by atoms with Crippen LogP contribution in [0.15, 0.2) is 58.4 Å². The quantitative estimate of drug-likeness (QED) is 0.375. The predicted octanol–water partition coefficient (Wildman–Crippen LogP) is 2.78. The Kier molecular flexibility index (Phi) is 6.80. The number of nitrogens with zero attached hydrogens (tertiary/aromatic N) is 1. The summed E-state index contributed by atoms with van der Waals surface area (Å²) in [7, 11) is 0. The highest BCUT2D eigenvalue weighted by atomic mass is 35.5. The number of carboxylic acids is 1. The molecule has 0 aliphatic carbocycles. The summed E-state index contributed by atoms with van der Waals surface area (Å²) in [6, 6.07) is 13.5. The van der Waals surface area contributed by atoms with Gasteiger partial charge in [-0.25, -0.2) is 0 Å². The van der Waals surface area contributed by atoms with Crippen molar-refractivity contribution in [3.8, 4) is 5.75 Å². The van der Waals surface area contributed by atoms with E-state index in [-0.39, 0.29) is 17.2 Å². The fraction of sp³-hybridized carbons (Fsp3) is 0.208. The van der Waals surface area contributed by atoms with Crippen LogP contribution in [0.2, 0.25) is 5.02 Å². The number of fused-ring (bicyclic) bond motifs is 2. The summed E-state index contributed by atoms with van der Waals surface area (Å²) in [4.78, 5) is 66.0. The van der Waals surface area contributed by atoms with E-state index in [1.54, 1.807) is 42.5 Å². The van der Waals surface area contributed by atoms with Crippen molar-refractivity contribution >= 4 is 64.1 Å². The van der Waals surface area contributed by atoms with E-state index in [2.05, 4.69) is 10.3 Å². The number of aromatic nitrogens is 1. The van der Waals surface area contributed by atoms with E-state index in [0.717, 1.165) is 28.0 Å². The topological polar surface area (TPSA) is 146 Å². The number of amides is 3. The number of rotatable bonds is 7. The molecule has 1 fully saturated rings. The molecule has 37 heavy (non-hydrogen) atoms. The third kappa shape index (κ3) is 4.87. The van der Waals surface area contributed by atoms with Crippen LogP contribution in [0, 0.1) is 5.92 Å². The second kappa shape index (κ2) is 10.0. The summed E-state index contributed by atoms with van der Waals surface area (Å²) in [5.74, 6) is -4.61. The van der Waals surface area contributed by atoms with Crippen LogP contribution in [-0.2, 0) is 19.2 Å². The number of carboxylic acid groups (broad SMARTS) is 1. The van der Waals surface area contributed by atoms with Gasteiger partial charge in [0.2, 0.25) is 11.8 Å². The molecule has 5 rings (SSSR count). The van der Waals surface area contributed by atoms with Gasteiger partial charge in [-0.05, 0) is 30.3 Å². The first-order valence-electron chi connectivity index (χ1n) is 11.0. The third-order valence-electron chi connectivity index (χ3n) is 5.93. The highest BCUT2D eigenvalue weighted by molar-refractivity contribution is 8.00. The van der Waals surface area contributed by atoms with Gasteiger partial charge < -0.3 is 20.1 Å². The van der Waals surface area contributed by atoms with E-state index in [4.69, 9.17) is 16.3 Å². The summed E-state index contributed by atoms with van der Waals surface area (Å²) in [6.45, 7) is -1.12. The van der Waals surface area contributed by atoms with E-state index in [9.17, 15) is 29.1 Å². The Hall–Kier alpha value is -3.61. The monoisotopic (exact) mass is 559 g/mol. The lowest BCUT2D eigenvalue weighted by Gasteiger charge is -2.31. The molecule has 2 aliphatic heterocycles. The number of thiazole rings is 1. The van der Waals surface area contributed by atoms with Crippen molar-refractivity contribution in [2.45, 2.75) is 16.2 Å². The van der Waals surface area contributed by atoms with Crippen molar-refractivity contribution in [2.24, 2.45) is 5.92 Å². The maximum absolute atomic E-state index is 13.4. The molecule has 10 nitrogen and oxygen atoms in total. The van der Waals surface area contributed by atoms with Crippen LogP contribution in [0.3, 0.4) is 0 Å². The number of likely N-dealkylation sites (tertiary alicyclic amines) is 1. The van der Waals surface area contributed by atoms with Crippen LogP contribution in [0.1, 0.15) is 16.4 Å². The molecule has 0 unspecified atom stereocenters. The molecule has 1 aromatic heterocycles. The number of para-hydroxylation sites is 1. The van der Waals surface area contributed by atoms with Crippen molar-refractivity contribution in [1.29, 1.82) is 0 Å². The number of hydrogen-bond donors (Lipinski definition) is 3. The van der Waals surface area contributed by atoms with E-state index in [1.807, 2.05) is 6.07 Å². The van der Waals surface area contributed by atoms with E-state index in [1.165, 1.54) is 0 Å². The molecule has 190 valence electrons. The van der Waals surface area contributed by atoms with Gasteiger partial charge in [-0.2, -0.15) is 0 Å². The second-order valence-electron chi connectivity index (χ2n) is 8.29. The van der Waals surface area contributed by atoms with Gasteiger partial charge in [0.05, 0.1) is 10.9 Å². The fourth-order valence-electron chi connectivity index (χ4n) is 4.46. The Morgan fingerprint density at radius 3 is 2.59 bits per heavy atom. The number of anilines is 1. The largest absolute Gasteiger partial charge is 0.483 e. The third-order valence-corrected chi connectivity index (χ3v) is 8.57. The van der Waals surface area contributed by atoms with Crippen LogP contribution < -0.4 is 14.9 Å². The summed E-state index contributed by atoms with van der Waals surface area (Å²) >= 11 is 8.22. The maximum Gasteiger partial charge on any atom is 0.323 e. The minimum Gasteiger partial charge on any atom is -0.483 e. The number of nitrogens with one attached hydrogen (secondary N) is 2. The fourth-order valence-corrected chi connectivity index (χ4v) is 7.16. The average Bonchev–Trinajstić information content (AvgIpc) is 3.34. The van der Waals surface area contributed by atoms with Gasteiger partial charge in [-0.1, -0.05) is 52.9 Å². The van der Waals surface area contributed by atoms with Crippen LogP contribution >= 0.6 is 34.7 Å². The van der Waals surface area contributed by atoms with Gasteiger partial charge in [0.15, 0.2) is 6.61 Å². The molecule has 3 atom stereocenters. The number of carbonyl (C=O) groups excluding carboxylic acids is 3. The molecule has 13 heteroatoms. The van der Waals surface area contributed by atoms with Crippen LogP contribution in [-0.4, -0.2) is 57.1 Å². The van der Waals surface area contributed by atoms with E-state index in [0.29, 0.717) is 26.2 Å². The smallest absolute Gasteiger partial charge is 0.323 e. The Labute approximate surface area is 222 Å². The zero-order valence-electron chi connectivity index (χ0n) is 18.8. The Bertz CT molecular complexity index is 1470. The van der Waals surface area contributed by atoms with Crippen LogP contribution in [0.5, 0.6) is 5.75 Å². The SMILES string of the molecule is O=C(O)CN1C(=O)[C@@H]2[C@H](c3cc(Cl)ccc3OCC(=O)Nc3ccccc3)c3sc(=O)[nH]c3S[C@@H]2C1=O. The number of halogens is 1. The molecule has 2 aliphatic rings. The predicted molar refractivity (Wildman–Crippen MR) is 136 cm³/mol. The lowest BCUT2D eigenvalue weighted by Crippen LogP contribution is -2.36. The molecular weight excluding hydrogens is 542 g/mol. The van der Waals surface area contributed by atoms with Gasteiger partial charge in [0, 0.05) is 27.1 Å². The zero-order chi connectivity index (χ0) is 26.3. The molecule has 0 saturated carbocycles. The lowest BCUT2D eigenvalue weighted by molar-refractivity contribution is -0.149. The lowest BCUT2D eigenvalue weighted by atomic mass is 9.82. The summed E-state index contributed by atoms with van der Waals surface area (Å²) < 4.78 is 5.84. The van der Waals surface area contributed by atoms with Gasteiger partial charge in [0.1, 0.15) is 17.5 Å². The molecule has 1 saturated heterocycles. The average molecular weight is 560 g/mol. The Morgan fingerprint density at radius 2 is 1.86 bits per heavy atom. The first kappa shape index (κ1) is 25.1. The number of H-pyrrole nitrogens is 1. The molecule has 3 N–H and O–H groups in total. The summed E-state index contributed by atoms with van der Waals surface area (Å²) in [5.41, 5.74) is 1.00. The number of ether oxygens (including phenoxy) is 1. The minimum atomic E-state index is -1.32. The number of aromatic amines is 1. The van der Waals surface area contributed by atoms with Crippen molar-refractivity contribution < 1.29 is 29.0 Å². The van der Waals surface area contributed by atoms with E-state index < -0.39 is 47.3 Å². The Balaban J connectivity index is 1.51. The first-order chi connectivity index (χ1) is 17.7. The molecule has 3 amide bonds. The highest BCUT2D eigenvalue weighted by Crippen LogP contribution is 2.54. The summed E-state index contributed by atoms with van der Waals surface area (Å²) in [6.07, 6.45) is 0. The number of carbonyl (C=O) groups is 4. The number of aliphatic carboxylic acids is 1. The number of hydrogen-bond acceptors (Lipinski definition) is 8. The van der Waals surface area contributed by atoms with Gasteiger partial charge in [-0.15, -0.1) is 0 Å². The molecule has 3 heterocycles. The molecule has 3 aromatic rings. The molecule has 0 bridgehead atoms. The Morgan fingerprint density at radius 1 is 1.11 bits per heavy atom. The number of imide groups is 1. The highest BCUT2D eigenvalue weighted by Gasteiger charge is 2.56. The van der Waals surface area contributed by atoms with Crippen molar-refractivity contribution in [1.82, 2.24) is 9.88 Å². The van der Waals surface area contributed by atoms with Gasteiger partial charge in [-0.3, -0.25) is 28.9 Å². The van der Waals surface area contributed by atoms with Crippen LogP contribution in [0.4, 0.5) is 5.69 Å². The molecule has 2 aromatic carbocycles. The standard InChI is InChI=1S/C24H18ClN3O7S2/c25-11-6-7-14(35-10-15(29)26-12-4-2-1-3-5-12)13(8-11)17-18-20(36-21-19(17)37-24(34)27-21)23(33)28(22(18)32)9-16(30)31/h1-8,17-18,20H,9-10H2,(H,26,29)(H,27,34)(H,30,31)/t17-,18+,20-/m0/s1. The van der Waals surface area contributed by atoms with Gasteiger partial charge in [0.25, 0.3) is 5.91 Å². The molecular formula is C24H18ClN3O7S2. The van der Waals surface area contributed by atoms with Gasteiger partial charge >= 0.3 is 10.8 Å². The minimum absolute atomic E-state index is 0.243. The van der Waals surface area contributed by atoms with Crippen molar-refractivity contribution in [2.75, 3.05) is 18.5 Å². The molecule has 0 radical (unpaired) electrons. The maximum atomic E-state index is 13.4. The van der Waals surface area contributed by atoms with Crippen LogP contribution in [0.25, 0.3) is 0 Å². The van der Waals surface area contributed by atoms with Crippen molar-refractivity contribution in [3.05, 3.63) is 73.7 Å². The summed E-state index contributed by atoms with van der Waals surface area (Å²) in [5, 5.41) is 11.7. The normalized spacial score (nSPS) is 20.4. The van der Waals surface area contributed by atoms with E-state index >= 15 is 0 Å². The second-order valence-corrected chi connectivity index (χ2v) is 10.9. The first-order valence-corrected chi connectivity index (χ1v) is 13.0. The van der Waals surface area contributed by atoms with Crippen molar-refractivity contribution in [3.63, 3.8) is 0 Å².